The van der Waals surface area contributed by atoms with Gasteiger partial charge in [0.15, 0.2) is 6.29 Å². The Morgan fingerprint density at radius 2 is 2.62 bits per heavy atom. The Balaban J connectivity index is 2.59. The molecule has 0 aromatic carbocycles. The molecule has 0 aliphatic carbocycles. The van der Waals surface area contributed by atoms with Crippen LogP contribution in [-0.2, 0) is 0 Å². The summed E-state index contributed by atoms with van der Waals surface area (Å²) in [5.41, 5.74) is 6.44. The maximum atomic E-state index is 5.38. The van der Waals surface area contributed by atoms with Crippen LogP contribution in [0.5, 0.6) is 0 Å². The zero-order valence-corrected chi connectivity index (χ0v) is 4.76. The third-order valence-electron chi connectivity index (χ3n) is 0.947. The fourth-order valence-corrected chi connectivity index (χ4v) is 0.566. The number of nitrogens with two attached hydrogens (primary N) is 1. The van der Waals surface area contributed by atoms with Gasteiger partial charge in [-0.3, -0.25) is 10.7 Å². The average molecular weight is 111 g/mol. The van der Waals surface area contributed by atoms with E-state index in [1.807, 2.05) is 13.0 Å². The van der Waals surface area contributed by atoms with Crippen molar-refractivity contribution in [1.29, 1.82) is 0 Å². The number of allylic oxidation sites excluding steroid dienone is 2. The number of aliphatic imine (C=N–C) groups is 1. The van der Waals surface area contributed by atoms with Crippen LogP contribution in [0.25, 0.3) is 0 Å². The van der Waals surface area contributed by atoms with Gasteiger partial charge < -0.3 is 5.32 Å². The maximum Gasteiger partial charge on any atom is 0.170 e. The largest absolute Gasteiger partial charge is 0.355 e. The van der Waals surface area contributed by atoms with Gasteiger partial charge in [0.1, 0.15) is 0 Å². The van der Waals surface area contributed by atoms with E-state index in [9.17, 15) is 0 Å². The third kappa shape index (κ3) is 1.07. The minimum atomic E-state index is -0.236. The van der Waals surface area contributed by atoms with Gasteiger partial charge in [-0.2, -0.15) is 0 Å². The van der Waals surface area contributed by atoms with Crippen molar-refractivity contribution in [2.75, 3.05) is 0 Å². The summed E-state index contributed by atoms with van der Waals surface area (Å²) < 4.78 is 0. The van der Waals surface area contributed by atoms with Gasteiger partial charge >= 0.3 is 0 Å². The molecule has 3 N–H and O–H groups in total. The maximum absolute atomic E-state index is 5.38. The first-order chi connectivity index (χ1) is 3.79. The van der Waals surface area contributed by atoms with Gasteiger partial charge in [0.2, 0.25) is 0 Å². The lowest BCUT2D eigenvalue weighted by atomic mass is 10.4. The van der Waals surface area contributed by atoms with Gasteiger partial charge in [0.25, 0.3) is 0 Å². The molecule has 0 aromatic rings. The molecule has 0 amide bonds. The lowest BCUT2D eigenvalue weighted by Crippen LogP contribution is -2.35. The molecule has 0 fully saturated rings. The van der Waals surface area contributed by atoms with E-state index in [0.717, 1.165) is 5.70 Å². The summed E-state index contributed by atoms with van der Waals surface area (Å²) in [7, 11) is 0. The second kappa shape index (κ2) is 1.96. The molecule has 3 heteroatoms. The predicted octanol–water partition coefficient (Wildman–Crippen LogP) is -0.193. The molecule has 0 bridgehead atoms. The molecule has 1 atom stereocenters. The SMILES string of the molecule is CC1=CC=NC(N)N1. The van der Waals surface area contributed by atoms with E-state index < -0.39 is 0 Å². The fraction of sp³-hybridized carbons (Fsp3) is 0.400. The molecule has 1 unspecified atom stereocenters. The number of rotatable bonds is 0. The second-order valence-corrected chi connectivity index (χ2v) is 1.74. The number of nitrogens with zero attached hydrogens (tertiary/aromatic N) is 1. The van der Waals surface area contributed by atoms with Crippen LogP contribution in [0.2, 0.25) is 0 Å². The minimum absolute atomic E-state index is 0.236. The molecule has 8 heavy (non-hydrogen) atoms. The summed E-state index contributed by atoms with van der Waals surface area (Å²) >= 11 is 0. The van der Waals surface area contributed by atoms with Crippen molar-refractivity contribution in [3.05, 3.63) is 11.8 Å². The first-order valence-corrected chi connectivity index (χ1v) is 2.51. The second-order valence-electron chi connectivity index (χ2n) is 1.74. The van der Waals surface area contributed by atoms with Crippen LogP contribution in [0.4, 0.5) is 0 Å². The van der Waals surface area contributed by atoms with Crippen LogP contribution in [0, 0.1) is 0 Å². The monoisotopic (exact) mass is 111 g/mol. The number of hydrogen-bond donors (Lipinski definition) is 2. The van der Waals surface area contributed by atoms with Gasteiger partial charge in [0, 0.05) is 11.9 Å². The van der Waals surface area contributed by atoms with Crippen LogP contribution in [-0.4, -0.2) is 12.5 Å². The van der Waals surface area contributed by atoms with Crippen LogP contribution in [0.3, 0.4) is 0 Å². The highest BCUT2D eigenvalue weighted by Gasteiger charge is 1.98. The topological polar surface area (TPSA) is 50.4 Å². The normalized spacial score (nSPS) is 26.8. The van der Waals surface area contributed by atoms with Gasteiger partial charge in [-0.05, 0) is 13.0 Å². The highest BCUT2D eigenvalue weighted by Crippen LogP contribution is 1.91. The highest BCUT2D eigenvalue weighted by atomic mass is 15.2. The summed E-state index contributed by atoms with van der Waals surface area (Å²) in [6.07, 6.45) is 3.35. The molecular formula is C5H9N3. The first kappa shape index (κ1) is 5.31. The van der Waals surface area contributed by atoms with Gasteiger partial charge in [-0.25, -0.2) is 0 Å². The Morgan fingerprint density at radius 1 is 1.88 bits per heavy atom. The summed E-state index contributed by atoms with van der Waals surface area (Å²) in [5.74, 6) is 0. The van der Waals surface area contributed by atoms with Crippen molar-refractivity contribution in [1.82, 2.24) is 5.32 Å². The average Bonchev–Trinajstić information content (AvgIpc) is 1.64. The smallest absolute Gasteiger partial charge is 0.170 e. The molecule has 0 aromatic heterocycles. The Bertz CT molecular complexity index is 137. The number of hydrogen-bond acceptors (Lipinski definition) is 3. The summed E-state index contributed by atoms with van der Waals surface area (Å²) in [6, 6.07) is 0. The Hall–Kier alpha value is -0.830. The van der Waals surface area contributed by atoms with Crippen molar-refractivity contribution in [3.63, 3.8) is 0 Å². The van der Waals surface area contributed by atoms with E-state index in [4.69, 9.17) is 5.73 Å². The zero-order chi connectivity index (χ0) is 5.98. The fourth-order valence-electron chi connectivity index (χ4n) is 0.566. The summed E-state index contributed by atoms with van der Waals surface area (Å²) in [6.45, 7) is 1.95. The standard InChI is InChI=1S/C5H9N3/c1-4-2-3-7-5(6)8-4/h2-3,5,8H,6H2,1H3. The van der Waals surface area contributed by atoms with Gasteiger partial charge in [-0.1, -0.05) is 0 Å². The lowest BCUT2D eigenvalue weighted by molar-refractivity contribution is 0.611. The minimum Gasteiger partial charge on any atom is -0.355 e. The zero-order valence-electron chi connectivity index (χ0n) is 4.76. The molecule has 0 radical (unpaired) electrons. The quantitative estimate of drug-likeness (QED) is 0.455. The highest BCUT2D eigenvalue weighted by molar-refractivity contribution is 5.72. The Morgan fingerprint density at radius 3 is 3.00 bits per heavy atom. The van der Waals surface area contributed by atoms with Gasteiger partial charge in [-0.15, -0.1) is 0 Å². The molecule has 1 heterocycles. The molecule has 44 valence electrons. The third-order valence-corrected chi connectivity index (χ3v) is 0.947. The lowest BCUT2D eigenvalue weighted by Gasteiger charge is -2.12. The molecule has 0 saturated carbocycles. The first-order valence-electron chi connectivity index (χ1n) is 2.51. The van der Waals surface area contributed by atoms with E-state index >= 15 is 0 Å². The van der Waals surface area contributed by atoms with Crippen molar-refractivity contribution < 1.29 is 0 Å². The summed E-state index contributed by atoms with van der Waals surface area (Å²) in [5, 5.41) is 2.92. The molecular weight excluding hydrogens is 102 g/mol. The van der Waals surface area contributed by atoms with Gasteiger partial charge in [0.05, 0.1) is 0 Å². The molecule has 3 nitrogen and oxygen atoms in total. The molecule has 0 saturated heterocycles. The predicted molar refractivity (Wildman–Crippen MR) is 33.4 cm³/mol. The molecule has 0 spiro atoms. The Kier molecular flexibility index (Phi) is 1.30. The van der Waals surface area contributed by atoms with E-state index in [2.05, 4.69) is 10.3 Å². The Labute approximate surface area is 48.3 Å². The van der Waals surface area contributed by atoms with E-state index in [-0.39, 0.29) is 6.29 Å². The van der Waals surface area contributed by atoms with E-state index in [0.29, 0.717) is 0 Å². The van der Waals surface area contributed by atoms with Crippen LogP contribution < -0.4 is 11.1 Å². The van der Waals surface area contributed by atoms with Crippen molar-refractivity contribution in [2.24, 2.45) is 10.7 Å². The van der Waals surface area contributed by atoms with Crippen LogP contribution in [0.15, 0.2) is 16.8 Å². The van der Waals surface area contributed by atoms with E-state index in [1.54, 1.807) is 6.21 Å². The summed E-state index contributed by atoms with van der Waals surface area (Å²) in [4.78, 5) is 3.85. The van der Waals surface area contributed by atoms with Crippen LogP contribution >= 0.6 is 0 Å². The number of nitrogens with one attached hydrogen (secondary N) is 1. The van der Waals surface area contributed by atoms with Crippen LogP contribution in [0.1, 0.15) is 6.92 Å². The van der Waals surface area contributed by atoms with Crippen molar-refractivity contribution >= 4 is 6.21 Å². The van der Waals surface area contributed by atoms with Crippen molar-refractivity contribution in [2.45, 2.75) is 13.2 Å². The van der Waals surface area contributed by atoms with E-state index in [1.165, 1.54) is 0 Å². The molecule has 1 aliphatic heterocycles. The van der Waals surface area contributed by atoms with Crippen molar-refractivity contribution in [3.8, 4) is 0 Å². The molecule has 1 rings (SSSR count). The molecule has 1 aliphatic rings.